The lowest BCUT2D eigenvalue weighted by atomic mass is 9.83. The van der Waals surface area contributed by atoms with Gasteiger partial charge >= 0.3 is 6.03 Å². The zero-order valence-corrected chi connectivity index (χ0v) is 13.7. The van der Waals surface area contributed by atoms with Gasteiger partial charge in [0.1, 0.15) is 5.82 Å². The summed E-state index contributed by atoms with van der Waals surface area (Å²) in [4.78, 5) is 12.4. The molecule has 3 aliphatic carbocycles. The molecule has 0 saturated heterocycles. The summed E-state index contributed by atoms with van der Waals surface area (Å²) in [5, 5.41) is 20.2. The van der Waals surface area contributed by atoms with E-state index < -0.39 is 0 Å². The van der Waals surface area contributed by atoms with E-state index in [1.54, 1.807) is 4.68 Å². The monoisotopic (exact) mass is 318 g/mol. The third kappa shape index (κ3) is 2.63. The van der Waals surface area contributed by atoms with Crippen LogP contribution < -0.4 is 10.6 Å². The van der Waals surface area contributed by atoms with E-state index in [9.17, 15) is 9.90 Å². The molecule has 4 unspecified atom stereocenters. The van der Waals surface area contributed by atoms with Gasteiger partial charge in [-0.2, -0.15) is 5.10 Å². The molecule has 126 valence electrons. The smallest absolute Gasteiger partial charge is 0.320 e. The Morgan fingerprint density at radius 1 is 1.35 bits per heavy atom. The summed E-state index contributed by atoms with van der Waals surface area (Å²) < 4.78 is 1.75. The predicted octanol–water partition coefficient (Wildman–Crippen LogP) is 2.22. The van der Waals surface area contributed by atoms with Crippen molar-refractivity contribution in [2.45, 2.75) is 50.5 Å². The molecule has 3 fully saturated rings. The van der Waals surface area contributed by atoms with Crippen molar-refractivity contribution in [2.24, 2.45) is 24.8 Å². The predicted molar refractivity (Wildman–Crippen MR) is 87.1 cm³/mol. The number of hydrogen-bond acceptors (Lipinski definition) is 3. The molecule has 1 heterocycles. The van der Waals surface area contributed by atoms with E-state index in [4.69, 9.17) is 0 Å². The molecule has 1 aromatic heterocycles. The fourth-order valence-electron chi connectivity index (χ4n) is 4.71. The Kier molecular flexibility index (Phi) is 3.79. The van der Waals surface area contributed by atoms with Crippen LogP contribution in [-0.2, 0) is 7.05 Å². The SMILES string of the molecule is Cn1nc(C2CCC2)cc1NC(=O)NC1C2CCC(C2)C1CO. The zero-order valence-electron chi connectivity index (χ0n) is 13.7. The second-order valence-electron chi connectivity index (χ2n) is 7.51. The van der Waals surface area contributed by atoms with Gasteiger partial charge in [0, 0.05) is 37.6 Å². The number of aliphatic hydroxyl groups is 1. The van der Waals surface area contributed by atoms with Crippen molar-refractivity contribution in [2.75, 3.05) is 11.9 Å². The van der Waals surface area contributed by atoms with Gasteiger partial charge in [-0.3, -0.25) is 10.00 Å². The molecule has 0 aromatic carbocycles. The van der Waals surface area contributed by atoms with Gasteiger partial charge in [-0.15, -0.1) is 0 Å². The van der Waals surface area contributed by atoms with E-state index >= 15 is 0 Å². The third-order valence-corrected chi connectivity index (χ3v) is 6.26. The Labute approximate surface area is 136 Å². The second kappa shape index (κ2) is 5.82. The van der Waals surface area contributed by atoms with Crippen molar-refractivity contribution in [3.05, 3.63) is 11.8 Å². The number of carbonyl (C=O) groups is 1. The highest BCUT2D eigenvalue weighted by Gasteiger charge is 2.47. The van der Waals surface area contributed by atoms with E-state index in [2.05, 4.69) is 15.7 Å². The van der Waals surface area contributed by atoms with Gasteiger partial charge in [-0.25, -0.2) is 4.79 Å². The number of amides is 2. The number of nitrogens with one attached hydrogen (secondary N) is 2. The van der Waals surface area contributed by atoms with Gasteiger partial charge in [0.15, 0.2) is 0 Å². The van der Waals surface area contributed by atoms with E-state index in [1.807, 2.05) is 13.1 Å². The molecular formula is C17H26N4O2. The van der Waals surface area contributed by atoms with E-state index in [0.29, 0.717) is 17.8 Å². The summed E-state index contributed by atoms with van der Waals surface area (Å²) in [5.41, 5.74) is 1.09. The Morgan fingerprint density at radius 2 is 2.13 bits per heavy atom. The molecule has 3 saturated carbocycles. The summed E-state index contributed by atoms with van der Waals surface area (Å²) >= 11 is 0. The van der Waals surface area contributed by atoms with Gasteiger partial charge < -0.3 is 10.4 Å². The maximum Gasteiger partial charge on any atom is 0.320 e. The molecule has 6 heteroatoms. The lowest BCUT2D eigenvalue weighted by Gasteiger charge is -2.30. The first-order valence-electron chi connectivity index (χ1n) is 8.88. The number of aryl methyl sites for hydroxylation is 1. The van der Waals surface area contributed by atoms with Crippen molar-refractivity contribution < 1.29 is 9.90 Å². The molecule has 2 amide bonds. The second-order valence-corrected chi connectivity index (χ2v) is 7.51. The van der Waals surface area contributed by atoms with Crippen molar-refractivity contribution >= 4 is 11.8 Å². The number of aromatic nitrogens is 2. The minimum absolute atomic E-state index is 0.109. The number of carbonyl (C=O) groups excluding carboxylic acids is 1. The van der Waals surface area contributed by atoms with Crippen LogP contribution in [0.25, 0.3) is 0 Å². The fraction of sp³-hybridized carbons (Fsp3) is 0.765. The molecule has 0 spiro atoms. The molecule has 4 rings (SSSR count). The minimum atomic E-state index is -0.177. The van der Waals surface area contributed by atoms with Crippen LogP contribution in [0, 0.1) is 17.8 Å². The number of fused-ring (bicyclic) bond motifs is 2. The maximum atomic E-state index is 12.4. The molecular weight excluding hydrogens is 292 g/mol. The van der Waals surface area contributed by atoms with Crippen LogP contribution in [0.4, 0.5) is 10.6 Å². The van der Waals surface area contributed by atoms with Gasteiger partial charge in [0.25, 0.3) is 0 Å². The molecule has 1 aromatic rings. The van der Waals surface area contributed by atoms with Crippen LogP contribution in [0.5, 0.6) is 0 Å². The van der Waals surface area contributed by atoms with E-state index in [-0.39, 0.29) is 24.6 Å². The van der Waals surface area contributed by atoms with Crippen LogP contribution in [0.1, 0.15) is 50.1 Å². The first-order chi connectivity index (χ1) is 11.2. The molecule has 3 aliphatic rings. The summed E-state index contributed by atoms with van der Waals surface area (Å²) in [5.74, 6) is 2.63. The van der Waals surface area contributed by atoms with E-state index in [0.717, 1.165) is 17.9 Å². The average molecular weight is 318 g/mol. The summed E-state index contributed by atoms with van der Waals surface area (Å²) in [6.07, 6.45) is 7.19. The molecule has 23 heavy (non-hydrogen) atoms. The quantitative estimate of drug-likeness (QED) is 0.796. The minimum Gasteiger partial charge on any atom is -0.396 e. The lowest BCUT2D eigenvalue weighted by molar-refractivity contribution is 0.146. The highest BCUT2D eigenvalue weighted by Crippen LogP contribution is 2.48. The Balaban J connectivity index is 1.39. The van der Waals surface area contributed by atoms with E-state index in [1.165, 1.54) is 32.1 Å². The highest BCUT2D eigenvalue weighted by atomic mass is 16.3. The average Bonchev–Trinajstić information content (AvgIpc) is 3.13. The number of aliphatic hydroxyl groups excluding tert-OH is 1. The first kappa shape index (κ1) is 15.0. The number of hydrogen-bond donors (Lipinski definition) is 3. The lowest BCUT2D eigenvalue weighted by Crippen LogP contribution is -2.47. The Bertz CT molecular complexity index is 595. The Morgan fingerprint density at radius 3 is 2.83 bits per heavy atom. The molecule has 0 radical (unpaired) electrons. The maximum absolute atomic E-state index is 12.4. The van der Waals surface area contributed by atoms with Crippen LogP contribution in [-0.4, -0.2) is 33.6 Å². The zero-order chi connectivity index (χ0) is 16.0. The number of anilines is 1. The standard InChI is InChI=1S/C17H26N4O2/c1-21-15(8-14(20-21)10-3-2-4-10)18-17(23)19-16-12-6-5-11(7-12)13(16)9-22/h8,10-13,16,22H,2-7,9H2,1H3,(H2,18,19,23). The third-order valence-electron chi connectivity index (χ3n) is 6.26. The first-order valence-corrected chi connectivity index (χ1v) is 8.88. The topological polar surface area (TPSA) is 79.2 Å². The van der Waals surface area contributed by atoms with Crippen LogP contribution in [0.3, 0.4) is 0 Å². The molecule has 2 bridgehead atoms. The van der Waals surface area contributed by atoms with Crippen molar-refractivity contribution in [3.8, 4) is 0 Å². The van der Waals surface area contributed by atoms with Gasteiger partial charge in [0.2, 0.25) is 0 Å². The number of rotatable bonds is 4. The molecule has 3 N–H and O–H groups in total. The van der Waals surface area contributed by atoms with Crippen molar-refractivity contribution in [3.63, 3.8) is 0 Å². The highest BCUT2D eigenvalue weighted by molar-refractivity contribution is 5.88. The Hall–Kier alpha value is -1.56. The van der Waals surface area contributed by atoms with Gasteiger partial charge in [-0.1, -0.05) is 6.42 Å². The number of urea groups is 1. The molecule has 6 nitrogen and oxygen atoms in total. The molecule has 0 aliphatic heterocycles. The fourth-order valence-corrected chi connectivity index (χ4v) is 4.71. The van der Waals surface area contributed by atoms with Gasteiger partial charge in [-0.05, 0) is 43.9 Å². The normalized spacial score (nSPS) is 32.8. The van der Waals surface area contributed by atoms with Crippen LogP contribution in [0.15, 0.2) is 6.07 Å². The summed E-state index contributed by atoms with van der Waals surface area (Å²) in [6.45, 7) is 0.170. The molecule has 4 atom stereocenters. The summed E-state index contributed by atoms with van der Waals surface area (Å²) in [7, 11) is 1.87. The van der Waals surface area contributed by atoms with Gasteiger partial charge in [0.05, 0.1) is 5.69 Å². The summed E-state index contributed by atoms with van der Waals surface area (Å²) in [6, 6.07) is 1.93. The van der Waals surface area contributed by atoms with Crippen molar-refractivity contribution in [1.29, 1.82) is 0 Å². The largest absolute Gasteiger partial charge is 0.396 e. The van der Waals surface area contributed by atoms with Crippen molar-refractivity contribution in [1.82, 2.24) is 15.1 Å². The van der Waals surface area contributed by atoms with Crippen LogP contribution in [0.2, 0.25) is 0 Å². The number of nitrogens with zero attached hydrogens (tertiary/aromatic N) is 2. The van der Waals surface area contributed by atoms with Crippen LogP contribution >= 0.6 is 0 Å².